The van der Waals surface area contributed by atoms with E-state index in [2.05, 4.69) is 119 Å². The van der Waals surface area contributed by atoms with Crippen molar-refractivity contribution in [2.45, 2.75) is 40.5 Å². The van der Waals surface area contributed by atoms with E-state index in [4.69, 9.17) is 0 Å². The van der Waals surface area contributed by atoms with Gasteiger partial charge >= 0.3 is 0 Å². The van der Waals surface area contributed by atoms with Crippen LogP contribution in [0.1, 0.15) is 40.5 Å². The van der Waals surface area contributed by atoms with E-state index in [0.29, 0.717) is 0 Å². The Kier molecular flexibility index (Phi) is 620. The summed E-state index contributed by atoms with van der Waals surface area (Å²) in [5.41, 5.74) is 0. The molecule has 204 valence electrons. The van der Waals surface area contributed by atoms with Crippen LogP contribution >= 0.6 is 48.8 Å². The number of hydrogen-bond acceptors (Lipinski definition) is 4. The topological polar surface area (TPSA) is 0 Å². The monoisotopic (exact) mass is 852 g/mol. The Morgan fingerprint density at radius 1 is 0.529 bits per heavy atom. The van der Waals surface area contributed by atoms with Crippen LogP contribution in [0.3, 0.4) is 0 Å². The average molecular weight is 853 g/mol. The van der Waals surface area contributed by atoms with Gasteiger partial charge in [0.1, 0.15) is 0 Å². The van der Waals surface area contributed by atoms with Crippen LogP contribution in [0.4, 0.5) is 0 Å². The van der Waals surface area contributed by atoms with Crippen LogP contribution in [0, 0.1) is 54.7 Å². The molecule has 0 saturated heterocycles. The maximum atomic E-state index is 4.25. The standard InChI is InChI=1S/C7H14S2.C3H8S2.4C2H5.2C2H4.2C2H3.4Y/c1-3-8-6-5-7-9-4-2;4-2-1-3-5;8*1-2;;;;/h1-7H2;4-5H,1-3H2;4*1H2,2H3;2*1-2H2;2*1H,2H2;;;;/q-2;;4*-1;;;2*-1;;;;. The van der Waals surface area contributed by atoms with Crippen molar-refractivity contribution < 1.29 is 131 Å². The van der Waals surface area contributed by atoms with Crippen molar-refractivity contribution in [2.24, 2.45) is 0 Å². The quantitative estimate of drug-likeness (QED) is 0.108. The molecule has 0 nitrogen and oxygen atoms in total. The van der Waals surface area contributed by atoms with Gasteiger partial charge in [0, 0.05) is 131 Å². The molecule has 0 unspecified atom stereocenters. The fourth-order valence-corrected chi connectivity index (χ4v) is 2.39. The SMILES string of the molecule is C=C.C=C.SCCCS.[CH-]=C.[CH-]=C.[CH2-]C.[CH2-]C.[CH2-]C.[CH2-]C.[CH2-]CSCCCSC[CH2-].[Y].[Y].[Y].[Y]. The van der Waals surface area contributed by atoms with Gasteiger partial charge in [-0.3, -0.25) is 13.2 Å². The van der Waals surface area contributed by atoms with E-state index < -0.39 is 0 Å². The minimum atomic E-state index is 0. The Labute approximate surface area is 342 Å². The van der Waals surface area contributed by atoms with Crippen molar-refractivity contribution in [3.05, 3.63) is 94.2 Å². The summed E-state index contributed by atoms with van der Waals surface area (Å²) in [5, 5.41) is 0. The molecule has 0 aromatic carbocycles. The second kappa shape index (κ2) is 234. The van der Waals surface area contributed by atoms with E-state index in [1.54, 1.807) is 27.7 Å². The molecule has 0 bridgehead atoms. The van der Waals surface area contributed by atoms with Crippen LogP contribution in [0.15, 0.2) is 39.5 Å². The van der Waals surface area contributed by atoms with Crippen molar-refractivity contribution in [3.63, 3.8) is 0 Å². The average Bonchev–Trinajstić information content (AvgIpc) is 2.90. The van der Waals surface area contributed by atoms with Gasteiger partial charge in [-0.05, 0) is 35.9 Å². The fourth-order valence-electron chi connectivity index (χ4n) is 0.538. The molecule has 0 rings (SSSR count). The molecule has 34 heavy (non-hydrogen) atoms. The third kappa shape index (κ3) is 288. The maximum absolute atomic E-state index is 4.25. The molecule has 8 heteroatoms. The van der Waals surface area contributed by atoms with Gasteiger partial charge in [0.25, 0.3) is 0 Å². The largest absolute Gasteiger partial charge is 0.521 e. The molecule has 0 spiro atoms. The van der Waals surface area contributed by atoms with E-state index in [0.717, 1.165) is 29.4 Å². The van der Waals surface area contributed by atoms with E-state index in [-0.39, 0.29) is 131 Å². The van der Waals surface area contributed by atoms with Gasteiger partial charge in [-0.25, -0.2) is 0 Å². The molecule has 0 aliphatic heterocycles. The van der Waals surface area contributed by atoms with Gasteiger partial charge in [-0.1, -0.05) is 0 Å². The molecule has 0 aliphatic carbocycles. The number of thioether (sulfide) groups is 2. The van der Waals surface area contributed by atoms with Crippen LogP contribution in [0.2, 0.25) is 0 Å². The molecular formula is C26H56S4Y4-8. The van der Waals surface area contributed by atoms with Gasteiger partial charge in [-0.2, -0.15) is 76.5 Å². The molecule has 0 atom stereocenters. The van der Waals surface area contributed by atoms with Crippen LogP contribution in [-0.2, 0) is 131 Å². The van der Waals surface area contributed by atoms with Crippen LogP contribution in [0.5, 0.6) is 0 Å². The summed E-state index contributed by atoms with van der Waals surface area (Å²) in [6.45, 7) is 53.5. The van der Waals surface area contributed by atoms with Crippen LogP contribution < -0.4 is 0 Å². The number of hydrogen-bond donors (Lipinski definition) is 2. The van der Waals surface area contributed by atoms with E-state index >= 15 is 0 Å². The Morgan fingerprint density at radius 2 is 0.706 bits per heavy atom. The van der Waals surface area contributed by atoms with Crippen molar-refractivity contribution in [1.82, 2.24) is 0 Å². The van der Waals surface area contributed by atoms with Gasteiger partial charge < -0.3 is 54.7 Å². The zero-order chi connectivity index (χ0) is 27.1. The first-order chi connectivity index (χ1) is 14.8. The predicted octanol–water partition coefficient (Wildman–Crippen LogP) is 9.91. The van der Waals surface area contributed by atoms with Crippen molar-refractivity contribution in [2.75, 3.05) is 34.5 Å². The van der Waals surface area contributed by atoms with Crippen molar-refractivity contribution in [1.29, 1.82) is 0 Å². The Bertz CT molecular complexity index is 125. The summed E-state index contributed by atoms with van der Waals surface area (Å²) < 4.78 is 0. The molecule has 0 saturated carbocycles. The number of rotatable bonds is 8. The second-order valence-electron chi connectivity index (χ2n) is 2.38. The third-order valence-corrected chi connectivity index (χ3v) is 3.55. The molecular weight excluding hydrogens is 796 g/mol. The molecule has 0 aliphatic rings. The second-order valence-corrected chi connectivity index (χ2v) is 5.72. The normalized spacial score (nSPS) is 5.06. The summed E-state index contributed by atoms with van der Waals surface area (Å²) in [7, 11) is 0. The third-order valence-electron chi connectivity index (χ3n) is 1.18. The zero-order valence-corrected chi connectivity index (χ0v) is 38.1. The van der Waals surface area contributed by atoms with Gasteiger partial charge in [0.15, 0.2) is 0 Å². The minimum Gasteiger partial charge on any atom is -0.521 e. The van der Waals surface area contributed by atoms with Crippen LogP contribution in [-0.4, -0.2) is 34.5 Å². The summed E-state index contributed by atoms with van der Waals surface area (Å²) in [4.78, 5) is 0. The zero-order valence-electron chi connectivity index (χ0n) is 23.3. The first-order valence-corrected chi connectivity index (χ1v) is 13.0. The molecule has 0 heterocycles. The van der Waals surface area contributed by atoms with Crippen LogP contribution in [0.25, 0.3) is 0 Å². The predicted molar refractivity (Wildman–Crippen MR) is 169 cm³/mol. The summed E-state index contributed by atoms with van der Waals surface area (Å²) in [6, 6.07) is 0. The fraction of sp³-hybridized carbons (Fsp3) is 0.462. The summed E-state index contributed by atoms with van der Waals surface area (Å²) >= 11 is 11.7. The Balaban J connectivity index is -0.0000000118. The van der Waals surface area contributed by atoms with E-state index in [9.17, 15) is 0 Å². The van der Waals surface area contributed by atoms with E-state index in [1.807, 2.05) is 23.5 Å². The molecule has 4 radical (unpaired) electrons. The van der Waals surface area contributed by atoms with Crippen molar-refractivity contribution >= 4 is 48.8 Å². The minimum absolute atomic E-state index is 0. The number of thiol groups is 2. The first-order valence-electron chi connectivity index (χ1n) is 9.43. The van der Waals surface area contributed by atoms with Crippen molar-refractivity contribution in [3.8, 4) is 0 Å². The molecule has 0 aromatic rings. The molecule has 0 aromatic heterocycles. The van der Waals surface area contributed by atoms with Gasteiger partial charge in [-0.15, -0.1) is 37.8 Å². The van der Waals surface area contributed by atoms with E-state index in [1.165, 1.54) is 17.9 Å². The summed E-state index contributed by atoms with van der Waals surface area (Å²) in [6.07, 6.45) is 2.42. The molecule has 0 amide bonds. The summed E-state index contributed by atoms with van der Waals surface area (Å²) in [5.74, 6) is 6.46. The smallest absolute Gasteiger partial charge is 0 e. The molecule has 0 fully saturated rings. The van der Waals surface area contributed by atoms with Gasteiger partial charge in [0.05, 0.1) is 0 Å². The van der Waals surface area contributed by atoms with Gasteiger partial charge in [0.2, 0.25) is 0 Å². The maximum Gasteiger partial charge on any atom is 0 e. The Hall–Kier alpha value is 4.78. The molecule has 0 N–H and O–H groups in total. The first kappa shape index (κ1) is 90.1. The Morgan fingerprint density at radius 3 is 0.794 bits per heavy atom.